The summed E-state index contributed by atoms with van der Waals surface area (Å²) in [6, 6.07) is 11.7. The van der Waals surface area contributed by atoms with Gasteiger partial charge in [0.05, 0.1) is 17.2 Å². The topological polar surface area (TPSA) is 56.1 Å². The first-order valence-electron chi connectivity index (χ1n) is 7.87. The molecule has 24 heavy (non-hydrogen) atoms. The van der Waals surface area contributed by atoms with Gasteiger partial charge in [-0.1, -0.05) is 6.07 Å². The lowest BCUT2D eigenvalue weighted by Gasteiger charge is -2.11. The summed E-state index contributed by atoms with van der Waals surface area (Å²) < 4.78 is 0.975. The average molecular weight is 337 g/mol. The molecule has 0 spiro atoms. The normalized spacial score (nSPS) is 11.1. The van der Waals surface area contributed by atoms with E-state index in [1.54, 1.807) is 17.4 Å². The van der Waals surface area contributed by atoms with Crippen LogP contribution in [0.1, 0.15) is 22.3 Å². The van der Waals surface area contributed by atoms with Gasteiger partial charge in [0, 0.05) is 16.6 Å². The molecule has 0 bridgehead atoms. The van der Waals surface area contributed by atoms with Crippen molar-refractivity contribution in [1.82, 2.24) is 10.2 Å². The maximum atomic E-state index is 12.6. The van der Waals surface area contributed by atoms with Crippen LogP contribution in [-0.2, 0) is 0 Å². The van der Waals surface area contributed by atoms with E-state index < -0.39 is 0 Å². The molecule has 3 rings (SSSR count). The fraction of sp³-hybridized carbons (Fsp3) is 0.263. The third-order valence-electron chi connectivity index (χ3n) is 3.99. The van der Waals surface area contributed by atoms with Gasteiger partial charge in [-0.25, -0.2) is 0 Å². The van der Waals surface area contributed by atoms with E-state index in [2.05, 4.69) is 16.3 Å². The smallest absolute Gasteiger partial charge is 0.252 e. The number of nitrogens with zero attached hydrogens (tertiary/aromatic N) is 2. The number of nitriles is 1. The quantitative estimate of drug-likeness (QED) is 0.724. The zero-order valence-corrected chi connectivity index (χ0v) is 14.6. The second kappa shape index (κ2) is 7.00. The number of hydrogen-bond acceptors (Lipinski definition) is 4. The minimum Gasteiger partial charge on any atom is -0.352 e. The number of carbonyl (C=O) groups excluding carboxylic acids is 1. The summed E-state index contributed by atoms with van der Waals surface area (Å²) in [5, 5.41) is 17.2. The number of carbonyl (C=O) groups is 1. The molecule has 122 valence electrons. The van der Waals surface area contributed by atoms with Crippen LogP contribution < -0.4 is 5.32 Å². The molecule has 0 radical (unpaired) electrons. The molecule has 0 unspecified atom stereocenters. The Labute approximate surface area is 145 Å². The Hall–Kier alpha value is -2.42. The maximum absolute atomic E-state index is 12.6. The number of fused-ring (bicyclic) bond motifs is 3. The molecule has 0 saturated carbocycles. The zero-order chi connectivity index (χ0) is 17.1. The van der Waals surface area contributed by atoms with E-state index in [1.165, 1.54) is 0 Å². The van der Waals surface area contributed by atoms with Crippen LogP contribution in [0, 0.1) is 11.3 Å². The Morgan fingerprint density at radius 3 is 2.83 bits per heavy atom. The molecule has 4 nitrogen and oxygen atoms in total. The van der Waals surface area contributed by atoms with E-state index in [1.807, 2.05) is 43.7 Å². The molecular weight excluding hydrogens is 318 g/mol. The third-order valence-corrected chi connectivity index (χ3v) is 4.94. The summed E-state index contributed by atoms with van der Waals surface area (Å²) in [7, 11) is 4.05. The summed E-state index contributed by atoms with van der Waals surface area (Å²) >= 11 is 1.56. The van der Waals surface area contributed by atoms with Crippen LogP contribution in [-0.4, -0.2) is 38.0 Å². The summed E-state index contributed by atoms with van der Waals surface area (Å²) in [5.74, 6) is -0.0348. The number of amides is 1. The van der Waals surface area contributed by atoms with Crippen molar-refractivity contribution >= 4 is 38.1 Å². The van der Waals surface area contributed by atoms with Gasteiger partial charge in [0.15, 0.2) is 0 Å². The first-order chi connectivity index (χ1) is 11.6. The number of hydrogen-bond donors (Lipinski definition) is 1. The highest BCUT2D eigenvalue weighted by atomic mass is 32.1. The van der Waals surface area contributed by atoms with Crippen LogP contribution in [0.25, 0.3) is 20.9 Å². The first-order valence-corrected chi connectivity index (χ1v) is 8.75. The molecule has 5 heteroatoms. The summed E-state index contributed by atoms with van der Waals surface area (Å²) in [5.41, 5.74) is 1.35. The Bertz CT molecular complexity index is 937. The Kier molecular flexibility index (Phi) is 4.79. The standard InChI is InChI=1S/C19H19N3OS/c1-22(2)8-3-7-21-19(23)17-11-14-5-4-13(12-20)10-16(14)15-6-9-24-18(15)17/h4-6,9-11H,3,7-8H2,1-2H3,(H,21,23). The number of thiophene rings is 1. The van der Waals surface area contributed by atoms with E-state index in [0.717, 1.165) is 33.8 Å². The monoisotopic (exact) mass is 337 g/mol. The van der Waals surface area contributed by atoms with Crippen molar-refractivity contribution in [2.24, 2.45) is 0 Å². The van der Waals surface area contributed by atoms with Crippen molar-refractivity contribution in [3.05, 3.63) is 46.8 Å². The predicted molar refractivity (Wildman–Crippen MR) is 99.6 cm³/mol. The van der Waals surface area contributed by atoms with Gasteiger partial charge >= 0.3 is 0 Å². The zero-order valence-electron chi connectivity index (χ0n) is 13.8. The van der Waals surface area contributed by atoms with Crippen molar-refractivity contribution < 1.29 is 4.79 Å². The molecule has 0 aliphatic heterocycles. The Balaban J connectivity index is 1.94. The fourth-order valence-electron chi connectivity index (χ4n) is 2.80. The number of benzene rings is 2. The third kappa shape index (κ3) is 3.25. The van der Waals surface area contributed by atoms with E-state index >= 15 is 0 Å². The van der Waals surface area contributed by atoms with Gasteiger partial charge in [-0.2, -0.15) is 5.26 Å². The van der Waals surface area contributed by atoms with Gasteiger partial charge < -0.3 is 10.2 Å². The van der Waals surface area contributed by atoms with Crippen LogP contribution in [0.4, 0.5) is 0 Å². The lowest BCUT2D eigenvalue weighted by Crippen LogP contribution is -2.27. The Morgan fingerprint density at radius 1 is 1.25 bits per heavy atom. The molecule has 1 N–H and O–H groups in total. The van der Waals surface area contributed by atoms with E-state index in [0.29, 0.717) is 17.7 Å². The summed E-state index contributed by atoms with van der Waals surface area (Å²) in [4.78, 5) is 14.7. The van der Waals surface area contributed by atoms with Gasteiger partial charge in [0.25, 0.3) is 5.91 Å². The van der Waals surface area contributed by atoms with Crippen LogP contribution in [0.5, 0.6) is 0 Å². The predicted octanol–water partition coefficient (Wildman–Crippen LogP) is 3.61. The highest BCUT2D eigenvalue weighted by Gasteiger charge is 2.14. The van der Waals surface area contributed by atoms with Crippen molar-refractivity contribution in [1.29, 1.82) is 5.26 Å². The minimum absolute atomic E-state index is 0.0348. The van der Waals surface area contributed by atoms with Crippen molar-refractivity contribution in [2.45, 2.75) is 6.42 Å². The highest BCUT2D eigenvalue weighted by Crippen LogP contribution is 2.33. The summed E-state index contributed by atoms with van der Waals surface area (Å²) in [6.45, 7) is 1.61. The SMILES string of the molecule is CN(C)CCCNC(=O)c1cc2ccc(C#N)cc2c2ccsc12. The number of nitrogens with one attached hydrogen (secondary N) is 1. The first kappa shape index (κ1) is 16.4. The van der Waals surface area contributed by atoms with Crippen molar-refractivity contribution in [3.8, 4) is 6.07 Å². The second-order valence-corrected chi connectivity index (χ2v) is 6.96. The molecule has 0 atom stereocenters. The van der Waals surface area contributed by atoms with Crippen LogP contribution in [0.2, 0.25) is 0 Å². The van der Waals surface area contributed by atoms with Gasteiger partial charge in [-0.15, -0.1) is 11.3 Å². The summed E-state index contributed by atoms with van der Waals surface area (Å²) in [6.07, 6.45) is 0.922. The fourth-order valence-corrected chi connectivity index (χ4v) is 3.72. The van der Waals surface area contributed by atoms with E-state index in [4.69, 9.17) is 5.26 Å². The van der Waals surface area contributed by atoms with Crippen LogP contribution in [0.15, 0.2) is 35.7 Å². The van der Waals surface area contributed by atoms with E-state index in [9.17, 15) is 4.79 Å². The molecule has 0 aliphatic rings. The Morgan fingerprint density at radius 2 is 2.08 bits per heavy atom. The van der Waals surface area contributed by atoms with Gasteiger partial charge in [0.1, 0.15) is 0 Å². The maximum Gasteiger partial charge on any atom is 0.252 e. The molecule has 1 amide bonds. The molecule has 0 saturated heterocycles. The average Bonchev–Trinajstić information content (AvgIpc) is 3.07. The largest absolute Gasteiger partial charge is 0.352 e. The van der Waals surface area contributed by atoms with Gasteiger partial charge in [-0.3, -0.25) is 4.79 Å². The number of rotatable bonds is 5. The molecule has 0 aliphatic carbocycles. The van der Waals surface area contributed by atoms with Gasteiger partial charge in [0.2, 0.25) is 0 Å². The molecule has 2 aromatic carbocycles. The molecule has 0 fully saturated rings. The van der Waals surface area contributed by atoms with Crippen LogP contribution >= 0.6 is 11.3 Å². The molecule has 1 heterocycles. The second-order valence-electron chi connectivity index (χ2n) is 6.05. The molecule has 3 aromatic rings. The van der Waals surface area contributed by atoms with Crippen LogP contribution in [0.3, 0.4) is 0 Å². The van der Waals surface area contributed by atoms with Crippen molar-refractivity contribution in [3.63, 3.8) is 0 Å². The lowest BCUT2D eigenvalue weighted by atomic mass is 10.0. The van der Waals surface area contributed by atoms with Crippen molar-refractivity contribution in [2.75, 3.05) is 27.2 Å². The molecular formula is C19H19N3OS. The van der Waals surface area contributed by atoms with E-state index in [-0.39, 0.29) is 5.91 Å². The minimum atomic E-state index is -0.0348. The molecule has 1 aromatic heterocycles. The highest BCUT2D eigenvalue weighted by molar-refractivity contribution is 7.17. The van der Waals surface area contributed by atoms with Gasteiger partial charge in [-0.05, 0) is 67.5 Å². The lowest BCUT2D eigenvalue weighted by molar-refractivity contribution is 0.0954.